The van der Waals surface area contributed by atoms with E-state index in [1.165, 1.54) is 31.4 Å². The van der Waals surface area contributed by atoms with Crippen molar-refractivity contribution in [1.82, 2.24) is 10.2 Å². The van der Waals surface area contributed by atoms with E-state index in [9.17, 15) is 0 Å². The van der Waals surface area contributed by atoms with Gasteiger partial charge < -0.3 is 5.32 Å². The molecule has 1 fully saturated rings. The molecule has 2 nitrogen and oxygen atoms in total. The Balaban J connectivity index is 1.75. The van der Waals surface area contributed by atoms with Gasteiger partial charge in [-0.15, -0.1) is 0 Å². The first-order valence-electron chi connectivity index (χ1n) is 8.33. The summed E-state index contributed by atoms with van der Waals surface area (Å²) in [5.74, 6) is 0.829. The van der Waals surface area contributed by atoms with Gasteiger partial charge in [0.2, 0.25) is 0 Å². The molecule has 1 aromatic rings. The summed E-state index contributed by atoms with van der Waals surface area (Å²) in [4.78, 5) is 2.72. The van der Waals surface area contributed by atoms with Crippen molar-refractivity contribution in [1.29, 1.82) is 0 Å². The van der Waals surface area contributed by atoms with Crippen molar-refractivity contribution < 1.29 is 0 Å². The molecule has 2 aliphatic rings. The normalized spacial score (nSPS) is 29.4. The Kier molecular flexibility index (Phi) is 4.46. The van der Waals surface area contributed by atoms with Crippen molar-refractivity contribution in [2.24, 2.45) is 5.92 Å². The molecule has 1 saturated heterocycles. The number of allylic oxidation sites excluding steroid dienone is 2. The maximum atomic E-state index is 3.72. The first-order valence-corrected chi connectivity index (χ1v) is 8.33. The average molecular weight is 284 g/mol. The van der Waals surface area contributed by atoms with Crippen LogP contribution in [0.4, 0.5) is 0 Å². The zero-order valence-corrected chi connectivity index (χ0v) is 13.4. The van der Waals surface area contributed by atoms with E-state index in [0.717, 1.165) is 19.0 Å². The molecule has 114 valence electrons. The van der Waals surface area contributed by atoms with E-state index >= 15 is 0 Å². The lowest BCUT2D eigenvalue weighted by Gasteiger charge is -2.46. The summed E-state index contributed by atoms with van der Waals surface area (Å²) in [7, 11) is 0. The first kappa shape index (κ1) is 14.8. The van der Waals surface area contributed by atoms with Crippen molar-refractivity contribution in [3.63, 3.8) is 0 Å². The molecule has 0 bridgehead atoms. The molecule has 1 N–H and O–H groups in total. The highest BCUT2D eigenvalue weighted by molar-refractivity contribution is 5.21. The highest BCUT2D eigenvalue weighted by Gasteiger charge is 2.34. The molecule has 21 heavy (non-hydrogen) atoms. The highest BCUT2D eigenvalue weighted by Crippen LogP contribution is 2.30. The first-order chi connectivity index (χ1) is 10.1. The molecule has 1 aromatic carbocycles. The van der Waals surface area contributed by atoms with E-state index in [4.69, 9.17) is 0 Å². The molecule has 0 saturated carbocycles. The van der Waals surface area contributed by atoms with Crippen LogP contribution in [-0.4, -0.2) is 30.1 Å². The van der Waals surface area contributed by atoms with E-state index < -0.39 is 0 Å². The van der Waals surface area contributed by atoms with Crippen molar-refractivity contribution in [2.75, 3.05) is 19.6 Å². The Hall–Kier alpha value is -1.12. The monoisotopic (exact) mass is 284 g/mol. The standard InChI is InChI=1S/C19H28N2/c1-19(2)15-21(14-16-9-5-3-6-10-16)18(13-20-19)17-11-7-4-8-12-17/h3-5,7-8,11-12,16,18,20H,6,9-10,13-15H2,1-2H3. The van der Waals surface area contributed by atoms with Crippen LogP contribution in [0.3, 0.4) is 0 Å². The summed E-state index contributed by atoms with van der Waals surface area (Å²) in [6, 6.07) is 11.5. The van der Waals surface area contributed by atoms with Gasteiger partial charge >= 0.3 is 0 Å². The molecular weight excluding hydrogens is 256 g/mol. The van der Waals surface area contributed by atoms with Gasteiger partial charge in [-0.1, -0.05) is 42.5 Å². The largest absolute Gasteiger partial charge is 0.309 e. The fourth-order valence-corrected chi connectivity index (χ4v) is 3.73. The minimum Gasteiger partial charge on any atom is -0.309 e. The Labute approximate surface area is 129 Å². The summed E-state index contributed by atoms with van der Waals surface area (Å²) in [6.45, 7) is 8.06. The van der Waals surface area contributed by atoms with Gasteiger partial charge in [0.05, 0.1) is 0 Å². The van der Waals surface area contributed by atoms with Crippen LogP contribution < -0.4 is 5.32 Å². The van der Waals surface area contributed by atoms with Gasteiger partial charge in [-0.3, -0.25) is 4.90 Å². The number of benzene rings is 1. The van der Waals surface area contributed by atoms with E-state index in [-0.39, 0.29) is 5.54 Å². The van der Waals surface area contributed by atoms with Crippen LogP contribution in [0, 0.1) is 5.92 Å². The van der Waals surface area contributed by atoms with Crippen molar-refractivity contribution in [3.8, 4) is 0 Å². The average Bonchev–Trinajstić information content (AvgIpc) is 2.48. The summed E-state index contributed by atoms with van der Waals surface area (Å²) in [6.07, 6.45) is 8.58. The number of rotatable bonds is 3. The summed E-state index contributed by atoms with van der Waals surface area (Å²) >= 11 is 0. The quantitative estimate of drug-likeness (QED) is 0.850. The molecule has 1 aliphatic carbocycles. The third-order valence-electron chi connectivity index (χ3n) is 4.87. The van der Waals surface area contributed by atoms with Gasteiger partial charge in [-0.25, -0.2) is 0 Å². The molecule has 1 aliphatic heterocycles. The molecule has 3 rings (SSSR count). The lowest BCUT2D eigenvalue weighted by atomic mass is 9.90. The Morgan fingerprint density at radius 3 is 2.71 bits per heavy atom. The number of piperazine rings is 1. The molecule has 2 unspecified atom stereocenters. The second kappa shape index (κ2) is 6.33. The third kappa shape index (κ3) is 3.75. The van der Waals surface area contributed by atoms with Crippen molar-refractivity contribution in [2.45, 2.75) is 44.7 Å². The van der Waals surface area contributed by atoms with Gasteiger partial charge in [0.25, 0.3) is 0 Å². The van der Waals surface area contributed by atoms with Crippen molar-refractivity contribution >= 4 is 0 Å². The SMILES string of the molecule is CC1(C)CN(CC2CC=CCC2)C(c2ccccc2)CN1. The van der Waals surface area contributed by atoms with Crippen molar-refractivity contribution in [3.05, 3.63) is 48.0 Å². The highest BCUT2D eigenvalue weighted by atomic mass is 15.2. The smallest absolute Gasteiger partial charge is 0.0473 e. The summed E-state index contributed by atoms with van der Waals surface area (Å²) in [5.41, 5.74) is 1.67. The number of hydrogen-bond donors (Lipinski definition) is 1. The fraction of sp³-hybridized carbons (Fsp3) is 0.579. The van der Waals surface area contributed by atoms with Crippen LogP contribution in [0.1, 0.15) is 44.7 Å². The van der Waals surface area contributed by atoms with E-state index in [1.807, 2.05) is 0 Å². The summed E-state index contributed by atoms with van der Waals surface area (Å²) in [5, 5.41) is 3.72. The molecule has 1 heterocycles. The van der Waals surface area contributed by atoms with Gasteiger partial charge in [0.15, 0.2) is 0 Å². The summed E-state index contributed by atoms with van der Waals surface area (Å²) < 4.78 is 0. The molecule has 2 atom stereocenters. The van der Waals surface area contributed by atoms with Crippen LogP contribution in [0.5, 0.6) is 0 Å². The molecule has 0 radical (unpaired) electrons. The second-order valence-electron chi connectivity index (χ2n) is 7.27. The van der Waals surface area contributed by atoms with Crippen LogP contribution in [0.15, 0.2) is 42.5 Å². The molecule has 0 amide bonds. The minimum atomic E-state index is 0.218. The minimum absolute atomic E-state index is 0.218. The fourth-order valence-electron chi connectivity index (χ4n) is 3.73. The zero-order chi connectivity index (χ0) is 14.7. The number of nitrogens with zero attached hydrogens (tertiary/aromatic N) is 1. The predicted octanol–water partition coefficient (Wildman–Crippen LogP) is 3.77. The van der Waals surface area contributed by atoms with Crippen LogP contribution in [-0.2, 0) is 0 Å². The van der Waals surface area contributed by atoms with E-state index in [2.05, 4.69) is 66.5 Å². The van der Waals surface area contributed by atoms with Crippen LogP contribution in [0.25, 0.3) is 0 Å². The van der Waals surface area contributed by atoms with Gasteiger partial charge in [-0.2, -0.15) is 0 Å². The van der Waals surface area contributed by atoms with Crippen LogP contribution >= 0.6 is 0 Å². The van der Waals surface area contributed by atoms with Crippen LogP contribution in [0.2, 0.25) is 0 Å². The zero-order valence-electron chi connectivity index (χ0n) is 13.4. The van der Waals surface area contributed by atoms with E-state index in [1.54, 1.807) is 0 Å². The molecule has 2 heteroatoms. The lowest BCUT2D eigenvalue weighted by Crippen LogP contribution is -2.58. The molecular formula is C19H28N2. The molecule has 0 aromatic heterocycles. The Morgan fingerprint density at radius 2 is 2.00 bits per heavy atom. The maximum absolute atomic E-state index is 3.72. The Morgan fingerprint density at radius 1 is 1.19 bits per heavy atom. The molecule has 0 spiro atoms. The maximum Gasteiger partial charge on any atom is 0.0473 e. The van der Waals surface area contributed by atoms with Gasteiger partial charge in [-0.05, 0) is 44.6 Å². The predicted molar refractivity (Wildman–Crippen MR) is 89.3 cm³/mol. The number of nitrogens with one attached hydrogen (secondary N) is 1. The lowest BCUT2D eigenvalue weighted by molar-refractivity contribution is 0.0769. The second-order valence-corrected chi connectivity index (χ2v) is 7.27. The van der Waals surface area contributed by atoms with Gasteiger partial charge in [0, 0.05) is 31.2 Å². The number of hydrogen-bond acceptors (Lipinski definition) is 2. The van der Waals surface area contributed by atoms with Gasteiger partial charge in [0.1, 0.15) is 0 Å². The topological polar surface area (TPSA) is 15.3 Å². The third-order valence-corrected chi connectivity index (χ3v) is 4.87. The Bertz CT molecular complexity index is 478. The van der Waals surface area contributed by atoms with E-state index in [0.29, 0.717) is 6.04 Å².